The monoisotopic (exact) mass is 240 g/mol. The van der Waals surface area contributed by atoms with Crippen LogP contribution in [0.4, 0.5) is 4.39 Å². The van der Waals surface area contributed by atoms with Gasteiger partial charge < -0.3 is 4.74 Å². The van der Waals surface area contributed by atoms with Crippen molar-refractivity contribution >= 4 is 5.91 Å². The van der Waals surface area contributed by atoms with Gasteiger partial charge in [-0.05, 0) is 32.4 Å². The molecule has 17 heavy (non-hydrogen) atoms. The van der Waals surface area contributed by atoms with Crippen molar-refractivity contribution in [1.29, 1.82) is 0 Å². The summed E-state index contributed by atoms with van der Waals surface area (Å²) in [6.45, 7) is 5.18. The number of hydrazine groups is 1. The summed E-state index contributed by atoms with van der Waals surface area (Å²) >= 11 is 0. The SMILES string of the molecule is Cc1ccc(OCC(C)(C)C(=O)NN)cc1F. The third-order valence-electron chi connectivity index (χ3n) is 2.49. The van der Waals surface area contributed by atoms with E-state index in [1.165, 1.54) is 6.07 Å². The first-order valence-corrected chi connectivity index (χ1v) is 5.27. The molecule has 1 aromatic rings. The summed E-state index contributed by atoms with van der Waals surface area (Å²) in [6.07, 6.45) is 0. The molecule has 1 aromatic carbocycles. The number of nitrogens with two attached hydrogens (primary N) is 1. The highest BCUT2D eigenvalue weighted by atomic mass is 19.1. The first-order valence-electron chi connectivity index (χ1n) is 5.27. The maximum atomic E-state index is 13.2. The summed E-state index contributed by atoms with van der Waals surface area (Å²) in [5, 5.41) is 0. The van der Waals surface area contributed by atoms with Gasteiger partial charge in [0.2, 0.25) is 5.91 Å². The molecule has 1 rings (SSSR count). The van der Waals surface area contributed by atoms with Crippen LogP contribution in [0.15, 0.2) is 18.2 Å². The second-order valence-corrected chi connectivity index (χ2v) is 4.56. The lowest BCUT2D eigenvalue weighted by Gasteiger charge is -2.22. The van der Waals surface area contributed by atoms with Crippen molar-refractivity contribution < 1.29 is 13.9 Å². The Bertz CT molecular complexity index is 419. The normalized spacial score (nSPS) is 11.1. The van der Waals surface area contributed by atoms with E-state index in [-0.39, 0.29) is 18.3 Å². The van der Waals surface area contributed by atoms with Crippen molar-refractivity contribution in [2.24, 2.45) is 11.3 Å². The summed E-state index contributed by atoms with van der Waals surface area (Å²) in [7, 11) is 0. The van der Waals surface area contributed by atoms with Crippen molar-refractivity contribution in [2.75, 3.05) is 6.61 Å². The number of rotatable bonds is 4. The van der Waals surface area contributed by atoms with Crippen molar-refractivity contribution in [3.63, 3.8) is 0 Å². The van der Waals surface area contributed by atoms with Gasteiger partial charge in [0.05, 0.1) is 5.41 Å². The van der Waals surface area contributed by atoms with Gasteiger partial charge in [0.15, 0.2) is 0 Å². The minimum absolute atomic E-state index is 0.124. The summed E-state index contributed by atoms with van der Waals surface area (Å²) in [5.41, 5.74) is 1.85. The molecule has 0 bridgehead atoms. The molecule has 0 saturated heterocycles. The van der Waals surface area contributed by atoms with Crippen LogP contribution in [0, 0.1) is 18.2 Å². The van der Waals surface area contributed by atoms with Gasteiger partial charge in [0, 0.05) is 6.07 Å². The Morgan fingerprint density at radius 1 is 1.53 bits per heavy atom. The van der Waals surface area contributed by atoms with Crippen LogP contribution in [0.3, 0.4) is 0 Å². The Balaban J connectivity index is 2.67. The summed E-state index contributed by atoms with van der Waals surface area (Å²) in [4.78, 5) is 11.4. The number of nitrogens with one attached hydrogen (secondary N) is 1. The summed E-state index contributed by atoms with van der Waals surface area (Å²) < 4.78 is 18.6. The maximum absolute atomic E-state index is 13.2. The molecule has 0 aliphatic rings. The second-order valence-electron chi connectivity index (χ2n) is 4.56. The van der Waals surface area contributed by atoms with Gasteiger partial charge in [-0.25, -0.2) is 10.2 Å². The molecule has 4 nitrogen and oxygen atoms in total. The lowest BCUT2D eigenvalue weighted by atomic mass is 9.94. The van der Waals surface area contributed by atoms with Gasteiger partial charge in [-0.2, -0.15) is 0 Å². The Morgan fingerprint density at radius 3 is 2.71 bits per heavy atom. The molecule has 0 aliphatic heterocycles. The van der Waals surface area contributed by atoms with Gasteiger partial charge in [-0.3, -0.25) is 10.2 Å². The number of benzene rings is 1. The fourth-order valence-electron chi connectivity index (χ4n) is 1.19. The van der Waals surface area contributed by atoms with Crippen LogP contribution >= 0.6 is 0 Å². The van der Waals surface area contributed by atoms with Crippen LogP contribution in [-0.2, 0) is 4.79 Å². The Hall–Kier alpha value is -1.62. The number of carbonyl (C=O) groups excluding carboxylic acids is 1. The number of hydrogen-bond donors (Lipinski definition) is 2. The highest BCUT2D eigenvalue weighted by Crippen LogP contribution is 2.20. The van der Waals surface area contributed by atoms with E-state index in [9.17, 15) is 9.18 Å². The molecule has 0 atom stereocenters. The molecular weight excluding hydrogens is 223 g/mol. The lowest BCUT2D eigenvalue weighted by molar-refractivity contribution is -0.130. The molecule has 1 amide bonds. The molecule has 3 N–H and O–H groups in total. The van der Waals surface area contributed by atoms with Crippen molar-refractivity contribution in [3.8, 4) is 5.75 Å². The zero-order chi connectivity index (χ0) is 13.1. The van der Waals surface area contributed by atoms with Gasteiger partial charge in [-0.15, -0.1) is 0 Å². The standard InChI is InChI=1S/C12H17FN2O2/c1-8-4-5-9(6-10(8)13)17-7-12(2,3)11(16)15-14/h4-6H,7,14H2,1-3H3,(H,15,16). The Kier molecular flexibility index (Phi) is 4.07. The molecule has 0 saturated carbocycles. The average molecular weight is 240 g/mol. The first kappa shape index (κ1) is 13.4. The van der Waals surface area contributed by atoms with E-state index in [0.29, 0.717) is 11.3 Å². The van der Waals surface area contributed by atoms with E-state index < -0.39 is 5.41 Å². The second kappa shape index (κ2) is 5.14. The number of hydrogen-bond acceptors (Lipinski definition) is 3. The Labute approximate surface area is 99.9 Å². The zero-order valence-electron chi connectivity index (χ0n) is 10.2. The predicted molar refractivity (Wildman–Crippen MR) is 62.7 cm³/mol. The molecule has 0 spiro atoms. The molecule has 0 radical (unpaired) electrons. The number of amides is 1. The molecule has 0 fully saturated rings. The third-order valence-corrected chi connectivity index (χ3v) is 2.49. The van der Waals surface area contributed by atoms with Crippen LogP contribution < -0.4 is 16.0 Å². The number of halogens is 1. The third kappa shape index (κ3) is 3.42. The molecule has 0 aliphatic carbocycles. The van der Waals surface area contributed by atoms with Gasteiger partial charge >= 0.3 is 0 Å². The van der Waals surface area contributed by atoms with Crippen LogP contribution in [0.5, 0.6) is 5.75 Å². The predicted octanol–water partition coefficient (Wildman–Crippen LogP) is 1.53. The fraction of sp³-hybridized carbons (Fsp3) is 0.417. The summed E-state index contributed by atoms with van der Waals surface area (Å²) in [5.74, 6) is 4.79. The first-order chi connectivity index (χ1) is 7.86. The van der Waals surface area contributed by atoms with Crippen LogP contribution in [0.25, 0.3) is 0 Å². The highest BCUT2D eigenvalue weighted by Gasteiger charge is 2.28. The van der Waals surface area contributed by atoms with Crippen LogP contribution in [0.2, 0.25) is 0 Å². The van der Waals surface area contributed by atoms with E-state index in [0.717, 1.165) is 0 Å². The van der Waals surface area contributed by atoms with Crippen LogP contribution in [0.1, 0.15) is 19.4 Å². The number of aryl methyl sites for hydroxylation is 1. The number of ether oxygens (including phenoxy) is 1. The largest absolute Gasteiger partial charge is 0.492 e. The van der Waals surface area contributed by atoms with E-state index in [4.69, 9.17) is 10.6 Å². The van der Waals surface area contributed by atoms with Gasteiger partial charge in [0.25, 0.3) is 0 Å². The average Bonchev–Trinajstić information content (AvgIpc) is 2.29. The zero-order valence-corrected chi connectivity index (χ0v) is 10.2. The fourth-order valence-corrected chi connectivity index (χ4v) is 1.19. The molecule has 0 heterocycles. The topological polar surface area (TPSA) is 64.3 Å². The van der Waals surface area contributed by atoms with Crippen LogP contribution in [-0.4, -0.2) is 12.5 Å². The van der Waals surface area contributed by atoms with Crippen molar-refractivity contribution in [1.82, 2.24) is 5.43 Å². The molecular formula is C12H17FN2O2. The summed E-state index contributed by atoms with van der Waals surface area (Å²) in [6, 6.07) is 4.58. The number of carbonyl (C=O) groups is 1. The molecule has 0 aromatic heterocycles. The van der Waals surface area contributed by atoms with E-state index in [1.807, 2.05) is 0 Å². The van der Waals surface area contributed by atoms with Crippen molar-refractivity contribution in [2.45, 2.75) is 20.8 Å². The van der Waals surface area contributed by atoms with E-state index in [1.54, 1.807) is 32.9 Å². The maximum Gasteiger partial charge on any atom is 0.242 e. The van der Waals surface area contributed by atoms with E-state index in [2.05, 4.69) is 5.43 Å². The van der Waals surface area contributed by atoms with E-state index >= 15 is 0 Å². The lowest BCUT2D eigenvalue weighted by Crippen LogP contribution is -2.44. The van der Waals surface area contributed by atoms with Gasteiger partial charge in [-0.1, -0.05) is 6.07 Å². The molecule has 0 unspecified atom stereocenters. The quantitative estimate of drug-likeness (QED) is 0.476. The highest BCUT2D eigenvalue weighted by molar-refractivity contribution is 5.81. The molecule has 94 valence electrons. The smallest absolute Gasteiger partial charge is 0.242 e. The van der Waals surface area contributed by atoms with Gasteiger partial charge in [0.1, 0.15) is 18.2 Å². The minimum atomic E-state index is -0.768. The minimum Gasteiger partial charge on any atom is -0.492 e. The Morgan fingerprint density at radius 2 is 2.18 bits per heavy atom. The molecule has 5 heteroatoms. The van der Waals surface area contributed by atoms with Crippen molar-refractivity contribution in [3.05, 3.63) is 29.6 Å².